The molecular weight excluding hydrogens is 410 g/mol. The molecule has 0 aromatic heterocycles. The molecule has 0 amide bonds. The third kappa shape index (κ3) is 4.47. The standard InChI is InChI=1S/C11H13BrCl2N2O2S.ClH/c12-7-4-9(13)11(10(14)5-7)19(17,18)16-6-8-2-1-3-15-8;/h4-5,8,15-16H,1-3,6H2;1H. The Morgan fingerprint density at radius 1 is 1.35 bits per heavy atom. The Labute approximate surface area is 143 Å². The van der Waals surface area contributed by atoms with Crippen molar-refractivity contribution in [2.45, 2.75) is 23.8 Å². The van der Waals surface area contributed by atoms with Crippen molar-refractivity contribution >= 4 is 61.6 Å². The molecule has 20 heavy (non-hydrogen) atoms. The van der Waals surface area contributed by atoms with Gasteiger partial charge in [-0.3, -0.25) is 0 Å². The zero-order valence-corrected chi connectivity index (χ0v) is 15.1. The van der Waals surface area contributed by atoms with Crippen molar-refractivity contribution in [2.75, 3.05) is 13.1 Å². The zero-order valence-electron chi connectivity index (χ0n) is 10.3. The third-order valence-electron chi connectivity index (χ3n) is 2.91. The average Bonchev–Trinajstić information content (AvgIpc) is 2.77. The molecule has 9 heteroatoms. The first-order valence-electron chi connectivity index (χ1n) is 5.78. The summed E-state index contributed by atoms with van der Waals surface area (Å²) in [6.07, 6.45) is 2.02. The first-order valence-corrected chi connectivity index (χ1v) is 8.81. The lowest BCUT2D eigenvalue weighted by Gasteiger charge is -2.14. The number of hydrogen-bond acceptors (Lipinski definition) is 3. The minimum Gasteiger partial charge on any atom is -0.313 e. The molecular formula is C11H14BrCl3N2O2S. The van der Waals surface area contributed by atoms with Gasteiger partial charge in [-0.2, -0.15) is 0 Å². The summed E-state index contributed by atoms with van der Waals surface area (Å²) in [6.45, 7) is 1.26. The van der Waals surface area contributed by atoms with Crippen LogP contribution in [0.5, 0.6) is 0 Å². The molecule has 2 N–H and O–H groups in total. The minimum atomic E-state index is -3.70. The lowest BCUT2D eigenvalue weighted by atomic mass is 10.2. The van der Waals surface area contributed by atoms with Crippen LogP contribution in [0.4, 0.5) is 0 Å². The molecule has 1 aliphatic rings. The molecule has 0 saturated carbocycles. The quantitative estimate of drug-likeness (QED) is 0.780. The molecule has 114 valence electrons. The fraction of sp³-hybridized carbons (Fsp3) is 0.455. The van der Waals surface area contributed by atoms with Gasteiger partial charge in [0.2, 0.25) is 10.0 Å². The van der Waals surface area contributed by atoms with Gasteiger partial charge in [0, 0.05) is 17.1 Å². The molecule has 1 atom stereocenters. The molecule has 1 aromatic rings. The summed E-state index contributed by atoms with van der Waals surface area (Å²) in [5.74, 6) is 0. The van der Waals surface area contributed by atoms with Gasteiger partial charge in [-0.05, 0) is 31.5 Å². The van der Waals surface area contributed by atoms with E-state index in [0.29, 0.717) is 11.0 Å². The molecule has 0 spiro atoms. The van der Waals surface area contributed by atoms with Crippen molar-refractivity contribution in [3.63, 3.8) is 0 Å². The monoisotopic (exact) mass is 422 g/mol. The SMILES string of the molecule is Cl.O=S(=O)(NCC1CCCN1)c1c(Cl)cc(Br)cc1Cl. The molecule has 1 saturated heterocycles. The van der Waals surface area contributed by atoms with Crippen molar-refractivity contribution in [2.24, 2.45) is 0 Å². The van der Waals surface area contributed by atoms with Crippen LogP contribution in [0, 0.1) is 0 Å². The Balaban J connectivity index is 0.00000200. The summed E-state index contributed by atoms with van der Waals surface area (Å²) < 4.78 is 27.6. The van der Waals surface area contributed by atoms with E-state index in [1.54, 1.807) is 0 Å². The summed E-state index contributed by atoms with van der Waals surface area (Å²) in [5.41, 5.74) is 0. The maximum Gasteiger partial charge on any atom is 0.243 e. The van der Waals surface area contributed by atoms with Crippen LogP contribution in [-0.2, 0) is 10.0 Å². The second-order valence-electron chi connectivity index (χ2n) is 4.34. The molecule has 1 aliphatic heterocycles. The van der Waals surface area contributed by atoms with Crippen LogP contribution in [0.1, 0.15) is 12.8 Å². The highest BCUT2D eigenvalue weighted by molar-refractivity contribution is 9.10. The van der Waals surface area contributed by atoms with E-state index in [0.717, 1.165) is 19.4 Å². The second kappa shape index (κ2) is 7.63. The predicted molar refractivity (Wildman–Crippen MR) is 87.6 cm³/mol. The van der Waals surface area contributed by atoms with E-state index >= 15 is 0 Å². The van der Waals surface area contributed by atoms with Crippen LogP contribution in [0.3, 0.4) is 0 Å². The van der Waals surface area contributed by atoms with Crippen LogP contribution in [0.25, 0.3) is 0 Å². The summed E-state index contributed by atoms with van der Waals surface area (Å²) in [4.78, 5) is -0.0722. The fourth-order valence-corrected chi connectivity index (χ4v) is 5.01. The van der Waals surface area contributed by atoms with Crippen molar-refractivity contribution < 1.29 is 8.42 Å². The lowest BCUT2D eigenvalue weighted by Crippen LogP contribution is -2.37. The van der Waals surface area contributed by atoms with Crippen LogP contribution in [0.15, 0.2) is 21.5 Å². The van der Waals surface area contributed by atoms with Gasteiger partial charge < -0.3 is 5.32 Å². The number of nitrogens with one attached hydrogen (secondary N) is 2. The molecule has 1 heterocycles. The Morgan fingerprint density at radius 2 is 1.95 bits per heavy atom. The predicted octanol–water partition coefficient (Wildman–Crippen LogP) is 3.21. The molecule has 1 aromatic carbocycles. The Bertz CT molecular complexity index is 554. The van der Waals surface area contributed by atoms with Gasteiger partial charge in [0.25, 0.3) is 0 Å². The zero-order chi connectivity index (χ0) is 14.0. The molecule has 1 fully saturated rings. The van der Waals surface area contributed by atoms with Crippen LogP contribution < -0.4 is 10.0 Å². The summed E-state index contributed by atoms with van der Waals surface area (Å²) in [7, 11) is -3.70. The first-order chi connectivity index (χ1) is 8.90. The lowest BCUT2D eigenvalue weighted by molar-refractivity contribution is 0.552. The van der Waals surface area contributed by atoms with E-state index in [-0.39, 0.29) is 33.4 Å². The van der Waals surface area contributed by atoms with Crippen LogP contribution in [0.2, 0.25) is 10.0 Å². The Kier molecular flexibility index (Phi) is 7.05. The van der Waals surface area contributed by atoms with Gasteiger partial charge in [-0.1, -0.05) is 39.1 Å². The van der Waals surface area contributed by atoms with E-state index < -0.39 is 10.0 Å². The summed E-state index contributed by atoms with van der Waals surface area (Å²) in [6, 6.07) is 3.19. The van der Waals surface area contributed by atoms with E-state index in [2.05, 4.69) is 26.0 Å². The highest BCUT2D eigenvalue weighted by atomic mass is 79.9. The Morgan fingerprint density at radius 3 is 2.45 bits per heavy atom. The van der Waals surface area contributed by atoms with Crippen molar-refractivity contribution in [3.05, 3.63) is 26.7 Å². The molecule has 1 unspecified atom stereocenters. The number of benzene rings is 1. The number of hydrogen-bond donors (Lipinski definition) is 2. The fourth-order valence-electron chi connectivity index (χ4n) is 2.00. The van der Waals surface area contributed by atoms with Gasteiger partial charge in [0.05, 0.1) is 10.0 Å². The van der Waals surface area contributed by atoms with Gasteiger partial charge in [0.1, 0.15) is 4.90 Å². The van der Waals surface area contributed by atoms with Gasteiger partial charge in [-0.15, -0.1) is 12.4 Å². The maximum atomic E-state index is 12.2. The topological polar surface area (TPSA) is 58.2 Å². The summed E-state index contributed by atoms with van der Waals surface area (Å²) in [5, 5.41) is 3.42. The molecule has 0 aliphatic carbocycles. The van der Waals surface area contributed by atoms with Crippen molar-refractivity contribution in [1.82, 2.24) is 10.0 Å². The minimum absolute atomic E-state index is 0. The first kappa shape index (κ1) is 18.5. The van der Waals surface area contributed by atoms with E-state index in [4.69, 9.17) is 23.2 Å². The molecule has 4 nitrogen and oxygen atoms in total. The van der Waals surface area contributed by atoms with E-state index in [9.17, 15) is 8.42 Å². The van der Waals surface area contributed by atoms with Gasteiger partial charge in [-0.25, -0.2) is 13.1 Å². The number of rotatable bonds is 4. The largest absolute Gasteiger partial charge is 0.313 e. The maximum absolute atomic E-state index is 12.2. The smallest absolute Gasteiger partial charge is 0.243 e. The number of halogens is 4. The summed E-state index contributed by atoms with van der Waals surface area (Å²) >= 11 is 15.1. The van der Waals surface area contributed by atoms with E-state index in [1.807, 2.05) is 0 Å². The normalized spacial score (nSPS) is 18.9. The molecule has 0 bridgehead atoms. The Hall–Kier alpha value is 0.440. The molecule has 0 radical (unpaired) electrons. The molecule has 2 rings (SSSR count). The van der Waals surface area contributed by atoms with Gasteiger partial charge >= 0.3 is 0 Å². The van der Waals surface area contributed by atoms with Gasteiger partial charge in [0.15, 0.2) is 0 Å². The average molecular weight is 425 g/mol. The number of sulfonamides is 1. The van der Waals surface area contributed by atoms with Crippen molar-refractivity contribution in [1.29, 1.82) is 0 Å². The van der Waals surface area contributed by atoms with Crippen LogP contribution >= 0.6 is 51.5 Å². The van der Waals surface area contributed by atoms with Crippen molar-refractivity contribution in [3.8, 4) is 0 Å². The van der Waals surface area contributed by atoms with E-state index in [1.165, 1.54) is 12.1 Å². The van der Waals surface area contributed by atoms with Crippen LogP contribution in [-0.4, -0.2) is 27.5 Å². The highest BCUT2D eigenvalue weighted by Crippen LogP contribution is 2.32. The highest BCUT2D eigenvalue weighted by Gasteiger charge is 2.24. The third-order valence-corrected chi connectivity index (χ3v) is 5.72. The second-order valence-corrected chi connectivity index (χ2v) is 7.78.